The molecule has 0 aromatic heterocycles. The molecule has 0 aliphatic heterocycles. The molecule has 0 spiro atoms. The maximum absolute atomic E-state index is 13.6. The van der Waals surface area contributed by atoms with Gasteiger partial charge in [0.1, 0.15) is 12.3 Å². The van der Waals surface area contributed by atoms with Crippen molar-refractivity contribution in [3.05, 3.63) is 71.8 Å². The van der Waals surface area contributed by atoms with E-state index in [2.05, 4.69) is 5.32 Å². The Morgan fingerprint density at radius 2 is 1.52 bits per heavy atom. The summed E-state index contributed by atoms with van der Waals surface area (Å²) in [6.45, 7) is -0.467. The summed E-state index contributed by atoms with van der Waals surface area (Å²) in [6, 6.07) is 17.1. The quantitative estimate of drug-likeness (QED) is 0.483. The van der Waals surface area contributed by atoms with Crippen LogP contribution in [0.4, 0.5) is 11.4 Å². The Kier molecular flexibility index (Phi) is 7.67. The number of nitrogens with zero attached hydrogens (tertiary/aromatic N) is 1. The van der Waals surface area contributed by atoms with E-state index in [0.29, 0.717) is 22.2 Å². The average molecular weight is 491 g/mol. The van der Waals surface area contributed by atoms with Crippen LogP contribution < -0.4 is 23.8 Å². The molecule has 0 radical (unpaired) electrons. The number of ether oxygens (including phenoxy) is 3. The van der Waals surface area contributed by atoms with Gasteiger partial charge >= 0.3 is 0 Å². The molecule has 0 aliphatic carbocycles. The highest BCUT2D eigenvalue weighted by Gasteiger charge is 2.28. The van der Waals surface area contributed by atoms with Gasteiger partial charge in [0, 0.05) is 16.8 Å². The molecule has 8 nitrogen and oxygen atoms in total. The highest BCUT2D eigenvalue weighted by atomic mass is 35.5. The Bertz CT molecular complexity index is 1210. The predicted molar refractivity (Wildman–Crippen MR) is 127 cm³/mol. The summed E-state index contributed by atoms with van der Waals surface area (Å²) < 4.78 is 43.8. The monoisotopic (exact) mass is 490 g/mol. The van der Waals surface area contributed by atoms with E-state index in [1.165, 1.54) is 39.5 Å². The SMILES string of the molecule is COc1ccc(N(CC(=O)Nc2ccc(Cl)cc2)S(=O)(=O)c2ccc(OC)c(OC)c2)cc1. The van der Waals surface area contributed by atoms with Crippen LogP contribution in [0.1, 0.15) is 0 Å². The van der Waals surface area contributed by atoms with Crippen LogP contribution in [0.3, 0.4) is 0 Å². The van der Waals surface area contributed by atoms with Crippen molar-refractivity contribution in [2.24, 2.45) is 0 Å². The van der Waals surface area contributed by atoms with Gasteiger partial charge in [-0.1, -0.05) is 11.6 Å². The fourth-order valence-corrected chi connectivity index (χ4v) is 4.59. The fraction of sp³-hybridized carbons (Fsp3) is 0.174. The number of nitrogens with one attached hydrogen (secondary N) is 1. The molecule has 0 aliphatic rings. The molecule has 0 atom stereocenters. The first-order valence-electron chi connectivity index (χ1n) is 9.72. The summed E-state index contributed by atoms with van der Waals surface area (Å²) in [4.78, 5) is 12.7. The van der Waals surface area contributed by atoms with E-state index in [9.17, 15) is 13.2 Å². The lowest BCUT2D eigenvalue weighted by Gasteiger charge is -2.24. The Balaban J connectivity index is 1.98. The van der Waals surface area contributed by atoms with Gasteiger partial charge < -0.3 is 19.5 Å². The fourth-order valence-electron chi connectivity index (χ4n) is 3.03. The average Bonchev–Trinajstić information content (AvgIpc) is 2.83. The molecule has 0 saturated carbocycles. The second kappa shape index (κ2) is 10.5. The molecule has 3 aromatic carbocycles. The molecule has 10 heteroatoms. The van der Waals surface area contributed by atoms with Gasteiger partial charge in [-0.15, -0.1) is 0 Å². The number of sulfonamides is 1. The standard InChI is InChI=1S/C23H23ClN2O6S/c1-30-19-10-8-18(9-11-19)26(15-23(27)25-17-6-4-16(24)5-7-17)33(28,29)20-12-13-21(31-2)22(14-20)32-3/h4-14H,15H2,1-3H3,(H,25,27). The second-order valence-corrected chi connectivity index (χ2v) is 9.08. The van der Waals surface area contributed by atoms with Crippen molar-refractivity contribution in [1.82, 2.24) is 0 Å². The number of carbonyl (C=O) groups excluding carboxylic acids is 1. The number of rotatable bonds is 9. The van der Waals surface area contributed by atoms with E-state index >= 15 is 0 Å². The van der Waals surface area contributed by atoms with Crippen LogP contribution in [0.2, 0.25) is 5.02 Å². The second-order valence-electron chi connectivity index (χ2n) is 6.78. The van der Waals surface area contributed by atoms with Crippen LogP contribution in [-0.2, 0) is 14.8 Å². The van der Waals surface area contributed by atoms with Gasteiger partial charge in [-0.3, -0.25) is 9.10 Å². The topological polar surface area (TPSA) is 94.2 Å². The summed E-state index contributed by atoms with van der Waals surface area (Å²) in [5, 5.41) is 3.20. The molecule has 0 fully saturated rings. The third-order valence-electron chi connectivity index (χ3n) is 4.72. The van der Waals surface area contributed by atoms with Gasteiger partial charge in [-0.2, -0.15) is 0 Å². The van der Waals surface area contributed by atoms with Crippen molar-refractivity contribution in [3.8, 4) is 17.2 Å². The number of hydrogen-bond donors (Lipinski definition) is 1. The number of carbonyl (C=O) groups is 1. The van der Waals surface area contributed by atoms with E-state index in [0.717, 1.165) is 4.31 Å². The van der Waals surface area contributed by atoms with Gasteiger partial charge in [0.15, 0.2) is 11.5 Å². The molecule has 0 heterocycles. The summed E-state index contributed by atoms with van der Waals surface area (Å²) in [5.41, 5.74) is 0.777. The predicted octanol–water partition coefficient (Wildman–Crippen LogP) is 4.20. The van der Waals surface area contributed by atoms with E-state index in [1.807, 2.05) is 0 Å². The third kappa shape index (κ3) is 5.68. The molecular formula is C23H23ClN2O6S. The summed E-state index contributed by atoms with van der Waals surface area (Å²) in [5.74, 6) is 0.650. The number of amides is 1. The zero-order chi connectivity index (χ0) is 24.0. The van der Waals surface area contributed by atoms with Crippen LogP contribution >= 0.6 is 11.6 Å². The van der Waals surface area contributed by atoms with Crippen molar-refractivity contribution >= 4 is 38.9 Å². The molecule has 1 N–H and O–H groups in total. The van der Waals surface area contributed by atoms with Gasteiger partial charge in [-0.05, 0) is 60.7 Å². The van der Waals surface area contributed by atoms with Crippen LogP contribution in [0.5, 0.6) is 17.2 Å². The van der Waals surface area contributed by atoms with Crippen LogP contribution in [0.25, 0.3) is 0 Å². The molecule has 0 saturated heterocycles. The molecular weight excluding hydrogens is 468 g/mol. The minimum Gasteiger partial charge on any atom is -0.497 e. The number of hydrogen-bond acceptors (Lipinski definition) is 6. The zero-order valence-electron chi connectivity index (χ0n) is 18.2. The van der Waals surface area contributed by atoms with Crippen molar-refractivity contribution in [2.75, 3.05) is 37.5 Å². The van der Waals surface area contributed by atoms with Gasteiger partial charge in [0.05, 0.1) is 31.9 Å². The van der Waals surface area contributed by atoms with Crippen LogP contribution in [-0.4, -0.2) is 42.2 Å². The largest absolute Gasteiger partial charge is 0.497 e. The Labute approximate surface area is 197 Å². The van der Waals surface area contributed by atoms with Crippen LogP contribution in [0, 0.1) is 0 Å². The van der Waals surface area contributed by atoms with Gasteiger partial charge in [0.25, 0.3) is 10.0 Å². The van der Waals surface area contributed by atoms with Crippen molar-refractivity contribution < 1.29 is 27.4 Å². The Morgan fingerprint density at radius 3 is 2.09 bits per heavy atom. The Hall–Kier alpha value is -3.43. The van der Waals surface area contributed by atoms with Crippen molar-refractivity contribution in [2.45, 2.75) is 4.90 Å². The first kappa shape index (κ1) is 24.2. The Morgan fingerprint density at radius 1 is 0.879 bits per heavy atom. The smallest absolute Gasteiger partial charge is 0.264 e. The van der Waals surface area contributed by atoms with Gasteiger partial charge in [-0.25, -0.2) is 8.42 Å². The summed E-state index contributed by atoms with van der Waals surface area (Å²) in [7, 11) is 0.223. The van der Waals surface area contributed by atoms with Crippen molar-refractivity contribution in [3.63, 3.8) is 0 Å². The highest BCUT2D eigenvalue weighted by Crippen LogP contribution is 2.32. The minimum atomic E-state index is -4.15. The van der Waals surface area contributed by atoms with E-state index < -0.39 is 22.5 Å². The third-order valence-corrected chi connectivity index (χ3v) is 6.74. The van der Waals surface area contributed by atoms with E-state index in [4.69, 9.17) is 25.8 Å². The summed E-state index contributed by atoms with van der Waals surface area (Å²) in [6.07, 6.45) is 0. The number of anilines is 2. The van der Waals surface area contributed by atoms with Crippen LogP contribution in [0.15, 0.2) is 71.6 Å². The lowest BCUT2D eigenvalue weighted by molar-refractivity contribution is -0.114. The molecule has 3 rings (SSSR count). The molecule has 1 amide bonds. The summed E-state index contributed by atoms with van der Waals surface area (Å²) >= 11 is 5.88. The van der Waals surface area contributed by atoms with E-state index in [-0.39, 0.29) is 16.3 Å². The van der Waals surface area contributed by atoms with Gasteiger partial charge in [0.2, 0.25) is 5.91 Å². The first-order chi connectivity index (χ1) is 15.8. The number of methoxy groups -OCH3 is 3. The minimum absolute atomic E-state index is 0.0599. The maximum atomic E-state index is 13.6. The molecule has 33 heavy (non-hydrogen) atoms. The molecule has 0 unspecified atom stereocenters. The van der Waals surface area contributed by atoms with Crippen molar-refractivity contribution in [1.29, 1.82) is 0 Å². The maximum Gasteiger partial charge on any atom is 0.264 e. The number of benzene rings is 3. The highest BCUT2D eigenvalue weighted by molar-refractivity contribution is 7.92. The number of halogens is 1. The molecule has 0 bridgehead atoms. The lowest BCUT2D eigenvalue weighted by Crippen LogP contribution is -2.38. The zero-order valence-corrected chi connectivity index (χ0v) is 19.8. The normalized spacial score (nSPS) is 10.9. The van der Waals surface area contributed by atoms with E-state index in [1.54, 1.807) is 48.5 Å². The lowest BCUT2D eigenvalue weighted by atomic mass is 10.3. The first-order valence-corrected chi connectivity index (χ1v) is 11.5. The molecule has 174 valence electrons. The molecule has 3 aromatic rings.